The fourth-order valence-corrected chi connectivity index (χ4v) is 4.32. The van der Waals surface area contributed by atoms with E-state index < -0.39 is 0 Å². The Bertz CT molecular complexity index is 896. The van der Waals surface area contributed by atoms with Crippen molar-refractivity contribution in [1.29, 1.82) is 0 Å². The van der Waals surface area contributed by atoms with Crippen LogP contribution in [0.1, 0.15) is 36.8 Å². The number of rotatable bonds is 8. The number of carbonyl (C=O) groups is 2. The molecule has 0 radical (unpaired) electrons. The Kier molecular flexibility index (Phi) is 8.90. The Morgan fingerprint density at radius 3 is 2.12 bits per heavy atom. The van der Waals surface area contributed by atoms with E-state index in [9.17, 15) is 9.59 Å². The molecule has 2 heterocycles. The molecule has 0 aromatic heterocycles. The molecule has 2 atom stereocenters. The van der Waals surface area contributed by atoms with Crippen LogP contribution in [0.25, 0.3) is 0 Å². The largest absolute Gasteiger partial charge is 0.445 e. The molecule has 2 aliphatic heterocycles. The Morgan fingerprint density at radius 1 is 0.853 bits per heavy atom. The van der Waals surface area contributed by atoms with Crippen molar-refractivity contribution in [3.63, 3.8) is 0 Å². The molecule has 0 aliphatic carbocycles. The Labute approximate surface area is 200 Å². The van der Waals surface area contributed by atoms with Gasteiger partial charge in [0, 0.05) is 31.7 Å². The van der Waals surface area contributed by atoms with Crippen molar-refractivity contribution in [2.75, 3.05) is 19.6 Å². The number of hydrogen-bond acceptors (Lipinski definition) is 6. The van der Waals surface area contributed by atoms with Gasteiger partial charge in [0.25, 0.3) is 0 Å². The predicted molar refractivity (Wildman–Crippen MR) is 129 cm³/mol. The molecule has 0 bridgehead atoms. The summed E-state index contributed by atoms with van der Waals surface area (Å²) in [5, 5.41) is 6.48. The highest BCUT2D eigenvalue weighted by atomic mass is 16.6. The lowest BCUT2D eigenvalue weighted by Crippen LogP contribution is -2.56. The summed E-state index contributed by atoms with van der Waals surface area (Å²) in [6, 6.07) is 19.7. The maximum Gasteiger partial charge on any atom is 0.410 e. The van der Waals surface area contributed by atoms with Gasteiger partial charge in [0.05, 0.1) is 12.6 Å². The third-order valence-electron chi connectivity index (χ3n) is 6.37. The van der Waals surface area contributed by atoms with E-state index in [0.29, 0.717) is 26.2 Å². The van der Waals surface area contributed by atoms with E-state index in [4.69, 9.17) is 9.57 Å². The van der Waals surface area contributed by atoms with Crippen molar-refractivity contribution in [1.82, 2.24) is 21.0 Å². The van der Waals surface area contributed by atoms with Crippen LogP contribution >= 0.6 is 0 Å². The van der Waals surface area contributed by atoms with Gasteiger partial charge in [-0.15, -0.1) is 0 Å². The van der Waals surface area contributed by atoms with E-state index in [1.54, 1.807) is 4.90 Å². The van der Waals surface area contributed by atoms with Crippen LogP contribution in [0.15, 0.2) is 60.7 Å². The van der Waals surface area contributed by atoms with E-state index in [-0.39, 0.29) is 36.7 Å². The van der Waals surface area contributed by atoms with Gasteiger partial charge in [-0.25, -0.2) is 4.79 Å². The first-order valence-corrected chi connectivity index (χ1v) is 12.1. The average Bonchev–Trinajstić information content (AvgIpc) is 2.89. The molecule has 2 amide bonds. The summed E-state index contributed by atoms with van der Waals surface area (Å²) in [7, 11) is 0. The third-order valence-corrected chi connectivity index (χ3v) is 6.37. The summed E-state index contributed by atoms with van der Waals surface area (Å²) >= 11 is 0. The van der Waals surface area contributed by atoms with Gasteiger partial charge in [-0.3, -0.25) is 9.63 Å². The quantitative estimate of drug-likeness (QED) is 0.518. The molecule has 2 fully saturated rings. The van der Waals surface area contributed by atoms with Gasteiger partial charge < -0.3 is 20.3 Å². The van der Waals surface area contributed by atoms with Crippen molar-refractivity contribution < 1.29 is 19.2 Å². The second-order valence-corrected chi connectivity index (χ2v) is 8.94. The standard InChI is InChI=1S/C26H34N4O4/c31-25(24-12-11-23(17-27-24)29-34-19-21-9-5-2-6-10-21)28-22-13-15-30(16-14-22)26(32)33-18-20-7-3-1-4-8-20/h1-10,22-24,27,29H,11-19H2,(H,28,31)/t23-,24?/m1/s1. The zero-order valence-corrected chi connectivity index (χ0v) is 19.4. The molecular weight excluding hydrogens is 432 g/mol. The van der Waals surface area contributed by atoms with E-state index in [1.807, 2.05) is 60.7 Å². The average molecular weight is 467 g/mol. The van der Waals surface area contributed by atoms with Gasteiger partial charge in [0.1, 0.15) is 6.61 Å². The zero-order valence-electron chi connectivity index (χ0n) is 19.4. The Balaban J connectivity index is 1.09. The van der Waals surface area contributed by atoms with Crippen LogP contribution in [0, 0.1) is 0 Å². The van der Waals surface area contributed by atoms with Crippen molar-refractivity contribution >= 4 is 12.0 Å². The second kappa shape index (κ2) is 12.5. The first-order valence-electron chi connectivity index (χ1n) is 12.1. The van der Waals surface area contributed by atoms with Crippen LogP contribution in [-0.4, -0.2) is 54.7 Å². The molecule has 8 nitrogen and oxygen atoms in total. The first-order chi connectivity index (χ1) is 16.7. The molecule has 1 unspecified atom stereocenters. The summed E-state index contributed by atoms with van der Waals surface area (Å²) in [5.74, 6) is 0.0359. The number of carbonyl (C=O) groups excluding carboxylic acids is 2. The fourth-order valence-electron chi connectivity index (χ4n) is 4.32. The summed E-state index contributed by atoms with van der Waals surface area (Å²) in [6.07, 6.45) is 2.79. The van der Waals surface area contributed by atoms with Gasteiger partial charge in [-0.2, -0.15) is 5.48 Å². The summed E-state index contributed by atoms with van der Waals surface area (Å²) < 4.78 is 5.42. The van der Waals surface area contributed by atoms with E-state index in [2.05, 4.69) is 16.1 Å². The SMILES string of the molecule is O=C(NC1CCN(C(=O)OCc2ccccc2)CC1)C1CC[C@@H](NOCc2ccccc2)CN1. The lowest BCUT2D eigenvalue weighted by Gasteiger charge is -2.34. The minimum atomic E-state index is -0.296. The monoisotopic (exact) mass is 466 g/mol. The number of hydroxylamine groups is 1. The lowest BCUT2D eigenvalue weighted by molar-refractivity contribution is -0.125. The highest BCUT2D eigenvalue weighted by Gasteiger charge is 2.29. The van der Waals surface area contributed by atoms with Crippen LogP contribution < -0.4 is 16.1 Å². The van der Waals surface area contributed by atoms with Crippen LogP contribution in [0.2, 0.25) is 0 Å². The van der Waals surface area contributed by atoms with Crippen LogP contribution in [0.5, 0.6) is 0 Å². The van der Waals surface area contributed by atoms with Gasteiger partial charge in [-0.05, 0) is 36.8 Å². The van der Waals surface area contributed by atoms with E-state index in [1.165, 1.54) is 0 Å². The van der Waals surface area contributed by atoms with Crippen LogP contribution in [-0.2, 0) is 27.6 Å². The third kappa shape index (κ3) is 7.28. The van der Waals surface area contributed by atoms with Crippen LogP contribution in [0.4, 0.5) is 4.79 Å². The number of nitrogens with zero attached hydrogens (tertiary/aromatic N) is 1. The molecule has 4 rings (SSSR count). The molecule has 2 saturated heterocycles. The minimum absolute atomic E-state index is 0.0359. The highest BCUT2D eigenvalue weighted by Crippen LogP contribution is 2.15. The second-order valence-electron chi connectivity index (χ2n) is 8.94. The van der Waals surface area contributed by atoms with Crippen LogP contribution in [0.3, 0.4) is 0 Å². The van der Waals surface area contributed by atoms with Crippen molar-refractivity contribution in [2.45, 2.75) is 57.0 Å². The van der Waals surface area contributed by atoms with Gasteiger partial charge in [0.15, 0.2) is 0 Å². The lowest BCUT2D eigenvalue weighted by atomic mass is 9.99. The topological polar surface area (TPSA) is 91.9 Å². The molecule has 8 heteroatoms. The van der Waals surface area contributed by atoms with Gasteiger partial charge in [-0.1, -0.05) is 60.7 Å². The van der Waals surface area contributed by atoms with E-state index in [0.717, 1.165) is 36.8 Å². The number of hydrogen-bond donors (Lipinski definition) is 3. The smallest absolute Gasteiger partial charge is 0.410 e. The summed E-state index contributed by atoms with van der Waals surface area (Å²) in [4.78, 5) is 32.4. The molecule has 0 spiro atoms. The highest BCUT2D eigenvalue weighted by molar-refractivity contribution is 5.82. The number of nitrogens with one attached hydrogen (secondary N) is 3. The normalized spacial score (nSPS) is 21.1. The van der Waals surface area contributed by atoms with Crippen molar-refractivity contribution in [3.8, 4) is 0 Å². The number of likely N-dealkylation sites (tertiary alicyclic amines) is 1. The number of ether oxygens (including phenoxy) is 1. The zero-order chi connectivity index (χ0) is 23.6. The molecular formula is C26H34N4O4. The Hall–Kier alpha value is -2.94. The van der Waals surface area contributed by atoms with Gasteiger partial charge >= 0.3 is 6.09 Å². The minimum Gasteiger partial charge on any atom is -0.445 e. The number of benzene rings is 2. The molecule has 0 saturated carbocycles. The number of piperidine rings is 2. The maximum absolute atomic E-state index is 12.7. The maximum atomic E-state index is 12.7. The van der Waals surface area contributed by atoms with Gasteiger partial charge in [0.2, 0.25) is 5.91 Å². The van der Waals surface area contributed by atoms with Crippen molar-refractivity contribution in [2.24, 2.45) is 0 Å². The first kappa shape index (κ1) is 24.2. The molecule has 2 aromatic carbocycles. The fraction of sp³-hybridized carbons (Fsp3) is 0.462. The predicted octanol–water partition coefficient (Wildman–Crippen LogP) is 2.75. The number of amides is 2. The molecule has 3 N–H and O–H groups in total. The summed E-state index contributed by atoms with van der Waals surface area (Å²) in [5.41, 5.74) is 5.19. The molecule has 34 heavy (non-hydrogen) atoms. The molecule has 2 aliphatic rings. The molecule has 182 valence electrons. The Morgan fingerprint density at radius 2 is 1.50 bits per heavy atom. The van der Waals surface area contributed by atoms with Crippen molar-refractivity contribution in [3.05, 3.63) is 71.8 Å². The summed E-state index contributed by atoms with van der Waals surface area (Å²) in [6.45, 7) is 2.64. The molecule has 2 aromatic rings. The van der Waals surface area contributed by atoms with E-state index >= 15 is 0 Å².